The van der Waals surface area contributed by atoms with Gasteiger partial charge in [0, 0.05) is 5.92 Å². The van der Waals surface area contributed by atoms with Crippen LogP contribution in [0.4, 0.5) is 0 Å². The van der Waals surface area contributed by atoms with Gasteiger partial charge in [-0.15, -0.1) is 6.58 Å². The fourth-order valence-corrected chi connectivity index (χ4v) is 1.27. The van der Waals surface area contributed by atoms with E-state index in [9.17, 15) is 0 Å². The first-order valence-electron chi connectivity index (χ1n) is 4.18. The van der Waals surface area contributed by atoms with Crippen LogP contribution in [-0.2, 0) is 0 Å². The van der Waals surface area contributed by atoms with Crippen molar-refractivity contribution >= 4 is 0 Å². The fraction of sp³-hybridized carbons (Fsp3) is 0.250. The summed E-state index contributed by atoms with van der Waals surface area (Å²) in [5, 5.41) is 0. The highest BCUT2D eigenvalue weighted by atomic mass is 14.1. The van der Waals surface area contributed by atoms with Crippen LogP contribution >= 0.6 is 0 Å². The molecule has 0 fully saturated rings. The van der Waals surface area contributed by atoms with Crippen LogP contribution in [0.25, 0.3) is 0 Å². The second-order valence-electron chi connectivity index (χ2n) is 3.21. The van der Waals surface area contributed by atoms with Crippen molar-refractivity contribution in [2.24, 2.45) is 0 Å². The van der Waals surface area contributed by atoms with E-state index in [1.54, 1.807) is 0 Å². The second kappa shape index (κ2) is 3.57. The van der Waals surface area contributed by atoms with Crippen molar-refractivity contribution in [3.05, 3.63) is 53.5 Å². The predicted molar refractivity (Wildman–Crippen MR) is 54.1 cm³/mol. The average Bonchev–Trinajstić information content (AvgIpc) is 2.08. The van der Waals surface area contributed by atoms with Crippen molar-refractivity contribution in [1.29, 1.82) is 0 Å². The smallest absolute Gasteiger partial charge is 0.0233 e. The van der Waals surface area contributed by atoms with Gasteiger partial charge in [-0.3, -0.25) is 0 Å². The maximum absolute atomic E-state index is 3.77. The van der Waals surface area contributed by atoms with E-state index in [0.29, 0.717) is 0 Å². The maximum atomic E-state index is 3.77. The zero-order valence-corrected chi connectivity index (χ0v) is 8.02. The lowest BCUT2D eigenvalue weighted by molar-refractivity contribution is 1.20. The van der Waals surface area contributed by atoms with Crippen LogP contribution in [0.1, 0.15) is 23.6 Å². The quantitative estimate of drug-likeness (QED) is 0.620. The number of aryl methyl sites for hydroxylation is 2. The Bertz CT molecular complexity index is 284. The molecular weight excluding hydrogens is 144 g/mol. The molecule has 0 aliphatic heterocycles. The predicted octanol–water partition coefficient (Wildman–Crippen LogP) is 3.43. The summed E-state index contributed by atoms with van der Waals surface area (Å²) >= 11 is 0. The first kappa shape index (κ1) is 9.05. The lowest BCUT2D eigenvalue weighted by Gasteiger charge is -2.10. The summed E-state index contributed by atoms with van der Waals surface area (Å²) in [7, 11) is 0. The molecule has 0 N–H and O–H groups in total. The van der Waals surface area contributed by atoms with Gasteiger partial charge in [-0.05, 0) is 25.0 Å². The highest BCUT2D eigenvalue weighted by Gasteiger charge is 2.04. The van der Waals surface area contributed by atoms with Crippen LogP contribution < -0.4 is 0 Å². The maximum Gasteiger partial charge on any atom is 0.0233 e. The molecule has 0 bridgehead atoms. The molecule has 0 spiro atoms. The zero-order chi connectivity index (χ0) is 9.14. The van der Waals surface area contributed by atoms with Crippen LogP contribution in [0, 0.1) is 19.8 Å². The first-order chi connectivity index (χ1) is 5.65. The molecular formula is C12H15. The molecule has 0 unspecified atom stereocenters. The highest BCUT2D eigenvalue weighted by molar-refractivity contribution is 5.43. The van der Waals surface area contributed by atoms with Gasteiger partial charge < -0.3 is 0 Å². The molecule has 0 aromatic heterocycles. The van der Waals surface area contributed by atoms with E-state index in [1.165, 1.54) is 22.6 Å². The summed E-state index contributed by atoms with van der Waals surface area (Å²) in [6, 6.07) is 6.49. The molecule has 0 atom stereocenters. The van der Waals surface area contributed by atoms with Crippen LogP contribution in [-0.4, -0.2) is 0 Å². The molecule has 12 heavy (non-hydrogen) atoms. The molecule has 0 saturated carbocycles. The van der Waals surface area contributed by atoms with Gasteiger partial charge in [-0.2, -0.15) is 0 Å². The van der Waals surface area contributed by atoms with Crippen molar-refractivity contribution in [1.82, 2.24) is 0 Å². The largest absolute Gasteiger partial charge is 0.102 e. The van der Waals surface area contributed by atoms with Crippen molar-refractivity contribution in [3.63, 3.8) is 0 Å². The number of benzene rings is 1. The summed E-state index contributed by atoms with van der Waals surface area (Å²) in [5.41, 5.74) is 3.93. The molecule has 0 amide bonds. The Hall–Kier alpha value is -1.04. The Labute approximate surface area is 74.9 Å². The fourth-order valence-electron chi connectivity index (χ4n) is 1.27. The molecule has 1 aromatic carbocycles. The lowest BCUT2D eigenvalue weighted by Crippen LogP contribution is -1.94. The number of hydrogen-bond acceptors (Lipinski definition) is 0. The molecule has 1 rings (SSSR count). The first-order valence-corrected chi connectivity index (χ1v) is 4.18. The molecule has 1 aromatic rings. The number of allylic oxidation sites excluding steroid dienone is 1. The highest BCUT2D eigenvalue weighted by Crippen LogP contribution is 2.20. The third-order valence-electron chi connectivity index (χ3n) is 2.12. The van der Waals surface area contributed by atoms with Crippen molar-refractivity contribution < 1.29 is 0 Å². The van der Waals surface area contributed by atoms with Crippen molar-refractivity contribution in [3.8, 4) is 0 Å². The topological polar surface area (TPSA) is 0 Å². The van der Waals surface area contributed by atoms with Gasteiger partial charge in [0.15, 0.2) is 0 Å². The SMILES string of the molecule is C=C[C](C)c1cc(C)ccc1C. The van der Waals surface area contributed by atoms with Gasteiger partial charge in [0.2, 0.25) is 0 Å². The van der Waals surface area contributed by atoms with Gasteiger partial charge >= 0.3 is 0 Å². The zero-order valence-electron chi connectivity index (χ0n) is 8.02. The van der Waals surface area contributed by atoms with E-state index in [1.807, 2.05) is 6.08 Å². The standard InChI is InChI=1S/C12H15/c1-5-10(3)12-8-9(2)6-7-11(12)4/h5-8H,1H2,2-4H3. The normalized spacial score (nSPS) is 10.3. The van der Waals surface area contributed by atoms with E-state index in [-0.39, 0.29) is 0 Å². The van der Waals surface area contributed by atoms with Crippen LogP contribution in [0.2, 0.25) is 0 Å². The monoisotopic (exact) mass is 159 g/mol. The summed E-state index contributed by atoms with van der Waals surface area (Å²) in [6.07, 6.45) is 1.90. The Morgan fingerprint density at radius 3 is 2.58 bits per heavy atom. The summed E-state index contributed by atoms with van der Waals surface area (Å²) < 4.78 is 0. The third-order valence-corrected chi connectivity index (χ3v) is 2.12. The molecule has 0 aliphatic carbocycles. The van der Waals surface area contributed by atoms with Gasteiger partial charge in [0.25, 0.3) is 0 Å². The summed E-state index contributed by atoms with van der Waals surface area (Å²) in [5.74, 6) is 1.25. The third kappa shape index (κ3) is 1.76. The molecule has 0 saturated heterocycles. The van der Waals surface area contributed by atoms with E-state index in [0.717, 1.165) is 0 Å². The second-order valence-corrected chi connectivity index (χ2v) is 3.21. The van der Waals surface area contributed by atoms with Gasteiger partial charge in [-0.25, -0.2) is 0 Å². The van der Waals surface area contributed by atoms with E-state index in [4.69, 9.17) is 0 Å². The minimum Gasteiger partial charge on any atom is -0.102 e. The number of hydrogen-bond donors (Lipinski definition) is 0. The van der Waals surface area contributed by atoms with E-state index in [2.05, 4.69) is 45.5 Å². The Morgan fingerprint density at radius 2 is 2.00 bits per heavy atom. The Morgan fingerprint density at radius 1 is 1.33 bits per heavy atom. The minimum absolute atomic E-state index is 1.25. The lowest BCUT2D eigenvalue weighted by atomic mass is 9.95. The molecule has 63 valence electrons. The molecule has 0 nitrogen and oxygen atoms in total. The van der Waals surface area contributed by atoms with Gasteiger partial charge in [0.05, 0.1) is 0 Å². The Balaban J connectivity index is 3.12. The summed E-state index contributed by atoms with van der Waals surface area (Å²) in [6.45, 7) is 10.1. The molecule has 1 radical (unpaired) electrons. The molecule has 0 heteroatoms. The summed E-state index contributed by atoms with van der Waals surface area (Å²) in [4.78, 5) is 0. The van der Waals surface area contributed by atoms with Crippen molar-refractivity contribution in [2.75, 3.05) is 0 Å². The molecule has 0 aliphatic rings. The van der Waals surface area contributed by atoms with E-state index >= 15 is 0 Å². The van der Waals surface area contributed by atoms with Crippen LogP contribution in [0.5, 0.6) is 0 Å². The van der Waals surface area contributed by atoms with E-state index < -0.39 is 0 Å². The average molecular weight is 159 g/mol. The number of rotatable bonds is 2. The Kier molecular flexibility index (Phi) is 2.69. The van der Waals surface area contributed by atoms with Crippen LogP contribution in [0.15, 0.2) is 30.9 Å². The van der Waals surface area contributed by atoms with Gasteiger partial charge in [0.1, 0.15) is 0 Å². The minimum atomic E-state index is 1.25. The molecule has 0 heterocycles. The van der Waals surface area contributed by atoms with Gasteiger partial charge in [-0.1, -0.05) is 36.8 Å². The van der Waals surface area contributed by atoms with Crippen molar-refractivity contribution in [2.45, 2.75) is 20.8 Å². The van der Waals surface area contributed by atoms with Crippen LogP contribution in [0.3, 0.4) is 0 Å².